The zero-order valence-electron chi connectivity index (χ0n) is 11.4. The Morgan fingerprint density at radius 1 is 1.50 bits per heavy atom. The quantitative estimate of drug-likeness (QED) is 0.578. The number of nitrogens with zero attached hydrogens (tertiary/aromatic N) is 1. The van der Waals surface area contributed by atoms with Gasteiger partial charge in [0, 0.05) is 6.04 Å². The van der Waals surface area contributed by atoms with Crippen molar-refractivity contribution in [2.45, 2.75) is 52.0 Å². The number of rotatable bonds is 8. The Morgan fingerprint density at radius 2 is 2.28 bits per heavy atom. The maximum atomic E-state index is 11.3. The van der Waals surface area contributed by atoms with Crippen LogP contribution in [0.1, 0.15) is 55.6 Å². The van der Waals surface area contributed by atoms with Gasteiger partial charge in [-0.15, -0.1) is 0 Å². The van der Waals surface area contributed by atoms with Crippen molar-refractivity contribution in [1.29, 1.82) is 0 Å². The number of hydrogen-bond acceptors (Lipinski definition) is 5. The van der Waals surface area contributed by atoms with Gasteiger partial charge < -0.3 is 10.1 Å². The first-order valence-electron chi connectivity index (χ1n) is 6.48. The van der Waals surface area contributed by atoms with Crippen molar-refractivity contribution in [3.63, 3.8) is 0 Å². The Bertz CT molecular complexity index is 366. The summed E-state index contributed by atoms with van der Waals surface area (Å²) in [5, 5.41) is 4.11. The molecule has 0 bridgehead atoms. The normalized spacial score (nSPS) is 12.2. The van der Waals surface area contributed by atoms with E-state index in [4.69, 9.17) is 0 Å². The van der Waals surface area contributed by atoms with Crippen LogP contribution in [-0.4, -0.2) is 24.1 Å². The fraction of sp³-hybridized carbons (Fsp3) is 0.692. The highest BCUT2D eigenvalue weighted by molar-refractivity contribution is 7.17. The van der Waals surface area contributed by atoms with Crippen LogP contribution >= 0.6 is 11.3 Å². The smallest absolute Gasteiger partial charge is 0.349 e. The second-order valence-electron chi connectivity index (χ2n) is 4.42. The zero-order valence-corrected chi connectivity index (χ0v) is 12.2. The lowest BCUT2D eigenvalue weighted by Gasteiger charge is -2.12. The molecule has 4 nitrogen and oxygen atoms in total. The van der Waals surface area contributed by atoms with E-state index in [0.29, 0.717) is 10.9 Å². The summed E-state index contributed by atoms with van der Waals surface area (Å²) in [4.78, 5) is 16.0. The number of carbonyl (C=O) groups is 1. The highest BCUT2D eigenvalue weighted by atomic mass is 32.1. The minimum atomic E-state index is -0.323. The fourth-order valence-electron chi connectivity index (χ4n) is 1.70. The molecule has 1 unspecified atom stereocenters. The van der Waals surface area contributed by atoms with Crippen LogP contribution in [0.5, 0.6) is 0 Å². The summed E-state index contributed by atoms with van der Waals surface area (Å²) in [7, 11) is 1.38. The van der Waals surface area contributed by atoms with Crippen LogP contribution < -0.4 is 5.32 Å². The van der Waals surface area contributed by atoms with Crippen LogP contribution in [0, 0.1) is 0 Å². The number of thiazole rings is 1. The molecule has 1 aromatic rings. The summed E-state index contributed by atoms with van der Waals surface area (Å²) in [5.74, 6) is -0.323. The van der Waals surface area contributed by atoms with Crippen LogP contribution in [0.4, 0.5) is 5.13 Å². The number of hydrogen-bond donors (Lipinski definition) is 1. The van der Waals surface area contributed by atoms with Gasteiger partial charge in [0.05, 0.1) is 13.3 Å². The van der Waals surface area contributed by atoms with E-state index in [9.17, 15) is 4.79 Å². The molecular weight excluding hydrogens is 248 g/mol. The SMILES string of the molecule is CCCCCCC(C)Nc1ncc(C(=O)OC)s1. The maximum Gasteiger partial charge on any atom is 0.349 e. The summed E-state index contributed by atoms with van der Waals surface area (Å²) in [6, 6.07) is 0.388. The molecule has 1 atom stereocenters. The van der Waals surface area contributed by atoms with Gasteiger partial charge in [-0.2, -0.15) is 0 Å². The number of esters is 1. The number of methoxy groups -OCH3 is 1. The largest absolute Gasteiger partial charge is 0.465 e. The molecule has 0 aliphatic heterocycles. The first-order valence-corrected chi connectivity index (χ1v) is 7.29. The Morgan fingerprint density at radius 3 is 2.94 bits per heavy atom. The van der Waals surface area contributed by atoms with Gasteiger partial charge in [-0.05, 0) is 13.3 Å². The number of carbonyl (C=O) groups excluding carboxylic acids is 1. The molecule has 0 radical (unpaired) electrons. The van der Waals surface area contributed by atoms with Gasteiger partial charge in [-0.3, -0.25) is 0 Å². The lowest BCUT2D eigenvalue weighted by molar-refractivity contribution is 0.0606. The standard InChI is InChI=1S/C13H22N2O2S/c1-4-5-6-7-8-10(2)15-13-14-9-11(18-13)12(16)17-3/h9-10H,4-8H2,1-3H3,(H,14,15). The molecule has 5 heteroatoms. The summed E-state index contributed by atoms with van der Waals surface area (Å²) in [6.45, 7) is 4.36. The third kappa shape index (κ3) is 5.04. The Hall–Kier alpha value is -1.10. The molecule has 0 aliphatic carbocycles. The van der Waals surface area contributed by atoms with E-state index in [-0.39, 0.29) is 5.97 Å². The number of ether oxygens (including phenoxy) is 1. The molecule has 1 aromatic heterocycles. The molecule has 0 aromatic carbocycles. The lowest BCUT2D eigenvalue weighted by atomic mass is 10.1. The average Bonchev–Trinajstić information content (AvgIpc) is 2.82. The topological polar surface area (TPSA) is 51.2 Å². The van der Waals surface area contributed by atoms with Gasteiger partial charge in [0.2, 0.25) is 0 Å². The molecular formula is C13H22N2O2S. The average molecular weight is 270 g/mol. The zero-order chi connectivity index (χ0) is 13.4. The van der Waals surface area contributed by atoms with Gasteiger partial charge in [-0.25, -0.2) is 9.78 Å². The highest BCUT2D eigenvalue weighted by Crippen LogP contribution is 2.20. The fourth-order valence-corrected chi connectivity index (χ4v) is 2.54. The Kier molecular flexibility index (Phi) is 6.72. The van der Waals surface area contributed by atoms with Crippen LogP contribution in [-0.2, 0) is 4.74 Å². The van der Waals surface area contributed by atoms with E-state index in [2.05, 4.69) is 28.9 Å². The molecule has 18 heavy (non-hydrogen) atoms. The first kappa shape index (κ1) is 15.0. The highest BCUT2D eigenvalue weighted by Gasteiger charge is 2.11. The number of anilines is 1. The van der Waals surface area contributed by atoms with Crippen LogP contribution in [0.2, 0.25) is 0 Å². The van der Waals surface area contributed by atoms with Gasteiger partial charge in [0.25, 0.3) is 0 Å². The second kappa shape index (κ2) is 8.08. The molecule has 0 aliphatic rings. The van der Waals surface area contributed by atoms with Crippen molar-refractivity contribution >= 4 is 22.4 Å². The van der Waals surface area contributed by atoms with Gasteiger partial charge in [0.1, 0.15) is 4.88 Å². The molecule has 0 spiro atoms. The number of nitrogens with one attached hydrogen (secondary N) is 1. The van der Waals surface area contributed by atoms with Gasteiger partial charge >= 0.3 is 5.97 Å². The first-order chi connectivity index (χ1) is 8.67. The monoisotopic (exact) mass is 270 g/mol. The minimum absolute atomic E-state index is 0.323. The third-order valence-corrected chi connectivity index (χ3v) is 3.66. The van der Waals surface area contributed by atoms with Crippen molar-refractivity contribution in [3.8, 4) is 0 Å². The number of unbranched alkanes of at least 4 members (excludes halogenated alkanes) is 3. The van der Waals surface area contributed by atoms with Crippen molar-refractivity contribution in [2.24, 2.45) is 0 Å². The van der Waals surface area contributed by atoms with E-state index in [0.717, 1.165) is 11.6 Å². The van der Waals surface area contributed by atoms with Crippen molar-refractivity contribution in [3.05, 3.63) is 11.1 Å². The third-order valence-electron chi connectivity index (χ3n) is 2.75. The van der Waals surface area contributed by atoms with Gasteiger partial charge in [0.15, 0.2) is 5.13 Å². The van der Waals surface area contributed by atoms with E-state index in [1.807, 2.05) is 0 Å². The van der Waals surface area contributed by atoms with Crippen LogP contribution in [0.3, 0.4) is 0 Å². The van der Waals surface area contributed by atoms with Crippen molar-refractivity contribution in [1.82, 2.24) is 4.98 Å². The Balaban J connectivity index is 2.33. The molecule has 1 N–H and O–H groups in total. The van der Waals surface area contributed by atoms with Crippen LogP contribution in [0.25, 0.3) is 0 Å². The Labute approximate surface area is 113 Å². The molecule has 1 heterocycles. The minimum Gasteiger partial charge on any atom is -0.465 e. The van der Waals surface area contributed by atoms with Gasteiger partial charge in [-0.1, -0.05) is 43.9 Å². The molecule has 1 rings (SSSR count). The number of aromatic nitrogens is 1. The molecule has 0 fully saturated rings. The predicted octanol–water partition coefficient (Wildman–Crippen LogP) is 3.70. The predicted molar refractivity (Wildman–Crippen MR) is 75.3 cm³/mol. The summed E-state index contributed by atoms with van der Waals surface area (Å²) in [6.07, 6.45) is 7.77. The van der Waals surface area contributed by atoms with Crippen molar-refractivity contribution in [2.75, 3.05) is 12.4 Å². The summed E-state index contributed by atoms with van der Waals surface area (Å²) in [5.41, 5.74) is 0. The summed E-state index contributed by atoms with van der Waals surface area (Å²) < 4.78 is 4.65. The van der Waals surface area contributed by atoms with E-state index in [1.165, 1.54) is 44.1 Å². The van der Waals surface area contributed by atoms with E-state index >= 15 is 0 Å². The van der Waals surface area contributed by atoms with Crippen molar-refractivity contribution < 1.29 is 9.53 Å². The van der Waals surface area contributed by atoms with E-state index < -0.39 is 0 Å². The summed E-state index contributed by atoms with van der Waals surface area (Å²) >= 11 is 1.34. The molecule has 0 amide bonds. The van der Waals surface area contributed by atoms with E-state index in [1.54, 1.807) is 6.20 Å². The second-order valence-corrected chi connectivity index (χ2v) is 5.45. The maximum absolute atomic E-state index is 11.3. The molecule has 102 valence electrons. The lowest BCUT2D eigenvalue weighted by Crippen LogP contribution is -2.14. The molecule has 0 saturated heterocycles. The molecule has 0 saturated carbocycles. The van der Waals surface area contributed by atoms with Crippen LogP contribution in [0.15, 0.2) is 6.20 Å².